The summed E-state index contributed by atoms with van der Waals surface area (Å²) in [5.74, 6) is 0.359. The summed E-state index contributed by atoms with van der Waals surface area (Å²) in [4.78, 5) is 4.68. The van der Waals surface area contributed by atoms with Crippen molar-refractivity contribution in [1.82, 2.24) is 4.98 Å². The zero-order chi connectivity index (χ0) is 21.3. The molecular formula is C25H38N2O. The Bertz CT molecular complexity index is 827. The molecule has 1 unspecified atom stereocenters. The third-order valence-electron chi connectivity index (χ3n) is 5.52. The number of aryl methyl sites for hydroxylation is 1. The van der Waals surface area contributed by atoms with Crippen LogP contribution in [-0.4, -0.2) is 15.6 Å². The summed E-state index contributed by atoms with van der Waals surface area (Å²) in [5.41, 5.74) is 4.79. The van der Waals surface area contributed by atoms with Crippen molar-refractivity contribution >= 4 is 5.69 Å². The fourth-order valence-electron chi connectivity index (χ4n) is 3.41. The minimum Gasteiger partial charge on any atom is -0.505 e. The number of anilines is 1. The normalized spacial score (nSPS) is 14.6. The van der Waals surface area contributed by atoms with Gasteiger partial charge >= 0.3 is 0 Å². The van der Waals surface area contributed by atoms with Gasteiger partial charge in [-0.1, -0.05) is 60.6 Å². The molecule has 1 aromatic heterocycles. The van der Waals surface area contributed by atoms with Crippen molar-refractivity contribution in [2.24, 2.45) is 0 Å². The second kappa shape index (κ2) is 7.77. The first-order chi connectivity index (χ1) is 12.7. The number of phenols is 1. The number of nitrogens with one attached hydrogen (secondary N) is 1. The fourth-order valence-corrected chi connectivity index (χ4v) is 3.41. The first kappa shape index (κ1) is 22.3. The molecule has 28 heavy (non-hydrogen) atoms. The summed E-state index contributed by atoms with van der Waals surface area (Å²) in [6, 6.07) is 10.4. The molecule has 2 rings (SSSR count). The van der Waals surface area contributed by atoms with E-state index in [-0.39, 0.29) is 16.4 Å². The molecular weight excluding hydrogens is 344 g/mol. The van der Waals surface area contributed by atoms with Crippen molar-refractivity contribution in [2.75, 3.05) is 5.32 Å². The predicted molar refractivity (Wildman–Crippen MR) is 121 cm³/mol. The van der Waals surface area contributed by atoms with E-state index in [1.807, 2.05) is 13.0 Å². The molecule has 154 valence electrons. The highest BCUT2D eigenvalue weighted by Gasteiger charge is 2.29. The lowest BCUT2D eigenvalue weighted by atomic mass is 9.79. The number of pyridine rings is 1. The fraction of sp³-hybridized carbons (Fsp3) is 0.560. The van der Waals surface area contributed by atoms with Gasteiger partial charge in [0, 0.05) is 28.9 Å². The summed E-state index contributed by atoms with van der Waals surface area (Å²) >= 11 is 0. The van der Waals surface area contributed by atoms with E-state index in [0.717, 1.165) is 35.5 Å². The molecule has 3 heteroatoms. The molecule has 0 amide bonds. The second-order valence-corrected chi connectivity index (χ2v) is 10.4. The van der Waals surface area contributed by atoms with Crippen LogP contribution in [0.2, 0.25) is 0 Å². The zero-order valence-electron chi connectivity index (χ0n) is 19.2. The number of nitrogens with zero attached hydrogens (tertiary/aromatic N) is 1. The largest absolute Gasteiger partial charge is 0.505 e. The molecule has 1 heterocycles. The summed E-state index contributed by atoms with van der Waals surface area (Å²) in [6.45, 7) is 19.5. The average Bonchev–Trinajstić information content (AvgIpc) is 2.54. The van der Waals surface area contributed by atoms with Crippen LogP contribution in [0.3, 0.4) is 0 Å². The van der Waals surface area contributed by atoms with Crippen LogP contribution in [0.25, 0.3) is 0 Å². The van der Waals surface area contributed by atoms with Gasteiger partial charge in [-0.05, 0) is 54.9 Å². The summed E-state index contributed by atoms with van der Waals surface area (Å²) in [5, 5.41) is 14.8. The van der Waals surface area contributed by atoms with Gasteiger partial charge in [0.2, 0.25) is 0 Å². The van der Waals surface area contributed by atoms with Crippen LogP contribution in [0.1, 0.15) is 84.3 Å². The van der Waals surface area contributed by atoms with E-state index in [0.29, 0.717) is 5.75 Å². The molecule has 1 atom stereocenters. The topological polar surface area (TPSA) is 45.2 Å². The molecule has 0 fully saturated rings. The second-order valence-electron chi connectivity index (χ2n) is 10.4. The average molecular weight is 383 g/mol. The van der Waals surface area contributed by atoms with Gasteiger partial charge < -0.3 is 10.4 Å². The molecule has 0 spiro atoms. The number of hydrogen-bond acceptors (Lipinski definition) is 3. The maximum absolute atomic E-state index is 11.1. The first-order valence-corrected chi connectivity index (χ1v) is 10.3. The lowest BCUT2D eigenvalue weighted by molar-refractivity contribution is 0.437. The van der Waals surface area contributed by atoms with Crippen molar-refractivity contribution in [3.63, 3.8) is 0 Å². The SMILES string of the molecule is CCC(C)(Cc1cccc(C)n1)Nc1cc(C(C)(C)C)cc(C(C)(C)C)c1O. The first-order valence-electron chi connectivity index (χ1n) is 10.3. The van der Waals surface area contributed by atoms with Gasteiger partial charge in [-0.2, -0.15) is 0 Å². The number of aromatic nitrogens is 1. The van der Waals surface area contributed by atoms with Crippen LogP contribution < -0.4 is 5.32 Å². The summed E-state index contributed by atoms with van der Waals surface area (Å²) in [6.07, 6.45) is 1.72. The molecule has 2 N–H and O–H groups in total. The highest BCUT2D eigenvalue weighted by molar-refractivity contribution is 5.64. The Morgan fingerprint density at radius 2 is 1.61 bits per heavy atom. The van der Waals surface area contributed by atoms with Crippen molar-refractivity contribution in [3.05, 3.63) is 52.8 Å². The standard InChI is InChI=1S/C25H38N2O/c1-10-25(9,16-19-13-11-12-17(2)26-19)27-21-15-18(23(3,4)5)14-20(22(21)28)24(6,7)8/h11-15,27-28H,10,16H2,1-9H3. The molecule has 1 aromatic carbocycles. The van der Waals surface area contributed by atoms with E-state index in [4.69, 9.17) is 0 Å². The maximum atomic E-state index is 11.1. The number of hydrogen-bond donors (Lipinski definition) is 2. The van der Waals surface area contributed by atoms with Gasteiger partial charge in [-0.3, -0.25) is 4.98 Å². The number of benzene rings is 1. The third-order valence-corrected chi connectivity index (χ3v) is 5.52. The van der Waals surface area contributed by atoms with Crippen LogP contribution in [0, 0.1) is 6.92 Å². The zero-order valence-corrected chi connectivity index (χ0v) is 19.2. The molecule has 0 saturated heterocycles. The molecule has 3 nitrogen and oxygen atoms in total. The molecule has 0 radical (unpaired) electrons. The maximum Gasteiger partial charge on any atom is 0.142 e. The predicted octanol–water partition coefficient (Wildman–Crippen LogP) is 6.51. The van der Waals surface area contributed by atoms with Crippen LogP contribution in [-0.2, 0) is 17.3 Å². The van der Waals surface area contributed by atoms with Gasteiger partial charge in [0.05, 0.1) is 5.69 Å². The van der Waals surface area contributed by atoms with E-state index >= 15 is 0 Å². The molecule has 0 aliphatic carbocycles. The lowest BCUT2D eigenvalue weighted by Crippen LogP contribution is -2.37. The van der Waals surface area contributed by atoms with Gasteiger partial charge in [0.1, 0.15) is 5.75 Å². The summed E-state index contributed by atoms with van der Waals surface area (Å²) < 4.78 is 0. The van der Waals surface area contributed by atoms with E-state index in [1.165, 1.54) is 5.56 Å². The monoisotopic (exact) mass is 382 g/mol. The van der Waals surface area contributed by atoms with Crippen molar-refractivity contribution in [2.45, 2.75) is 91.5 Å². The van der Waals surface area contributed by atoms with Gasteiger partial charge in [-0.25, -0.2) is 0 Å². The van der Waals surface area contributed by atoms with Crippen LogP contribution in [0.5, 0.6) is 5.75 Å². The molecule has 0 aliphatic heterocycles. The highest BCUT2D eigenvalue weighted by Crippen LogP contribution is 2.41. The van der Waals surface area contributed by atoms with Crippen LogP contribution in [0.4, 0.5) is 5.69 Å². The molecule has 0 bridgehead atoms. The van der Waals surface area contributed by atoms with Crippen molar-refractivity contribution in [3.8, 4) is 5.75 Å². The Labute approximate surface area is 171 Å². The van der Waals surface area contributed by atoms with Crippen molar-refractivity contribution in [1.29, 1.82) is 0 Å². The molecule has 0 aliphatic rings. The number of aromatic hydroxyl groups is 1. The summed E-state index contributed by atoms with van der Waals surface area (Å²) in [7, 11) is 0. The Kier molecular flexibility index (Phi) is 6.18. The Morgan fingerprint density at radius 1 is 0.964 bits per heavy atom. The Morgan fingerprint density at radius 3 is 2.11 bits per heavy atom. The van der Waals surface area contributed by atoms with Gasteiger partial charge in [0.15, 0.2) is 0 Å². The highest BCUT2D eigenvalue weighted by atomic mass is 16.3. The van der Waals surface area contributed by atoms with Crippen molar-refractivity contribution < 1.29 is 5.11 Å². The smallest absolute Gasteiger partial charge is 0.142 e. The number of rotatable bonds is 5. The Hall–Kier alpha value is -2.03. The van der Waals surface area contributed by atoms with Crippen LogP contribution >= 0.6 is 0 Å². The van der Waals surface area contributed by atoms with E-state index < -0.39 is 0 Å². The third kappa shape index (κ3) is 5.27. The van der Waals surface area contributed by atoms with E-state index in [2.05, 4.69) is 90.0 Å². The number of phenolic OH excluding ortho intramolecular Hbond substituents is 1. The Balaban J connectivity index is 2.49. The van der Waals surface area contributed by atoms with E-state index in [1.54, 1.807) is 0 Å². The molecule has 0 saturated carbocycles. The molecule has 2 aromatic rings. The minimum atomic E-state index is -0.204. The van der Waals surface area contributed by atoms with Gasteiger partial charge in [0.25, 0.3) is 0 Å². The lowest BCUT2D eigenvalue weighted by Gasteiger charge is -2.34. The van der Waals surface area contributed by atoms with Crippen LogP contribution in [0.15, 0.2) is 30.3 Å². The minimum absolute atomic E-state index is 0.00481. The quantitative estimate of drug-likeness (QED) is 0.579. The van der Waals surface area contributed by atoms with E-state index in [9.17, 15) is 5.11 Å². The van der Waals surface area contributed by atoms with Gasteiger partial charge in [-0.15, -0.1) is 0 Å².